The van der Waals surface area contributed by atoms with Crippen molar-refractivity contribution in [2.45, 2.75) is 59.7 Å². The molecular formula is C50H44IrN4S2Si-2. The van der Waals surface area contributed by atoms with Crippen LogP contribution in [0.2, 0.25) is 19.6 Å². The third kappa shape index (κ3) is 7.26. The Balaban J connectivity index is 0.000000167. The largest absolute Gasteiger partial charge is 0.333 e. The van der Waals surface area contributed by atoms with Crippen LogP contribution in [0.5, 0.6) is 0 Å². The first-order valence-electron chi connectivity index (χ1n) is 19.4. The summed E-state index contributed by atoms with van der Waals surface area (Å²) in [4.78, 5) is 15.7. The second kappa shape index (κ2) is 15.4. The molecule has 0 unspecified atom stereocenters. The van der Waals surface area contributed by atoms with Crippen LogP contribution in [0.3, 0.4) is 0 Å². The van der Waals surface area contributed by atoms with Gasteiger partial charge in [-0.3, -0.25) is 4.98 Å². The quantitative estimate of drug-likeness (QED) is 0.130. The van der Waals surface area contributed by atoms with Gasteiger partial charge in [0.1, 0.15) is 4.83 Å². The molecule has 10 aromatic rings. The Morgan fingerprint density at radius 1 is 0.672 bits per heavy atom. The number of hydrogen-bond donors (Lipinski definition) is 0. The van der Waals surface area contributed by atoms with Gasteiger partial charge in [0.05, 0.1) is 24.9 Å². The molecule has 5 aromatic heterocycles. The maximum atomic E-state index is 5.09. The third-order valence-corrected chi connectivity index (χ3v) is 15.2. The van der Waals surface area contributed by atoms with Crippen molar-refractivity contribution in [3.63, 3.8) is 0 Å². The van der Waals surface area contributed by atoms with Gasteiger partial charge in [-0.05, 0) is 92.3 Å². The molecular weight excluding hydrogens is 941 g/mol. The van der Waals surface area contributed by atoms with Gasteiger partial charge < -0.3 is 9.55 Å². The summed E-state index contributed by atoms with van der Waals surface area (Å²) in [5.41, 5.74) is 10.2. The summed E-state index contributed by atoms with van der Waals surface area (Å²) in [5.74, 6) is 0.911. The summed E-state index contributed by atoms with van der Waals surface area (Å²) in [6.45, 7) is 18.1. The van der Waals surface area contributed by atoms with Crippen molar-refractivity contribution in [2.24, 2.45) is 0 Å². The molecule has 4 nitrogen and oxygen atoms in total. The van der Waals surface area contributed by atoms with Gasteiger partial charge in [-0.1, -0.05) is 117 Å². The Morgan fingerprint density at radius 3 is 2.07 bits per heavy atom. The summed E-state index contributed by atoms with van der Waals surface area (Å²) in [6, 6.07) is 47.6. The first kappa shape index (κ1) is 40.0. The number of aryl methyl sites for hydroxylation is 2. The monoisotopic (exact) mass is 985 g/mol. The fourth-order valence-electron chi connectivity index (χ4n) is 7.80. The van der Waals surface area contributed by atoms with E-state index >= 15 is 0 Å². The Labute approximate surface area is 363 Å². The van der Waals surface area contributed by atoms with E-state index < -0.39 is 8.07 Å². The van der Waals surface area contributed by atoms with Crippen molar-refractivity contribution < 1.29 is 20.1 Å². The molecule has 8 heteroatoms. The summed E-state index contributed by atoms with van der Waals surface area (Å²) in [7, 11) is -1.35. The number of para-hydroxylation sites is 2. The Bertz CT molecular complexity index is 3130. The molecule has 58 heavy (non-hydrogen) atoms. The zero-order chi connectivity index (χ0) is 39.6. The van der Waals surface area contributed by atoms with Crippen molar-refractivity contribution in [2.75, 3.05) is 0 Å². The van der Waals surface area contributed by atoms with Gasteiger partial charge in [0.2, 0.25) is 0 Å². The number of nitrogens with zero attached hydrogens (tertiary/aromatic N) is 4. The first-order valence-corrected chi connectivity index (χ1v) is 24.6. The van der Waals surface area contributed by atoms with Crippen LogP contribution in [0.1, 0.15) is 37.6 Å². The zero-order valence-electron chi connectivity index (χ0n) is 34.0. The molecule has 0 spiro atoms. The maximum absolute atomic E-state index is 5.09. The molecule has 291 valence electrons. The van der Waals surface area contributed by atoms with Gasteiger partial charge in [0.25, 0.3) is 0 Å². The van der Waals surface area contributed by atoms with Crippen molar-refractivity contribution >= 4 is 87.4 Å². The number of fused-ring (bicyclic) bond motifs is 7. The van der Waals surface area contributed by atoms with Crippen LogP contribution >= 0.6 is 22.7 Å². The Hall–Kier alpha value is -4.82. The van der Waals surface area contributed by atoms with Crippen LogP contribution in [0, 0.1) is 26.0 Å². The van der Waals surface area contributed by atoms with Crippen LogP contribution in [-0.4, -0.2) is 27.6 Å². The van der Waals surface area contributed by atoms with E-state index in [0.29, 0.717) is 0 Å². The normalized spacial score (nSPS) is 12.0. The molecule has 0 bridgehead atoms. The molecule has 0 N–H and O–H groups in total. The second-order valence-electron chi connectivity index (χ2n) is 16.9. The van der Waals surface area contributed by atoms with E-state index in [4.69, 9.17) is 15.0 Å². The zero-order valence-corrected chi connectivity index (χ0v) is 39.0. The molecule has 10 rings (SSSR count). The van der Waals surface area contributed by atoms with Crippen molar-refractivity contribution in [3.05, 3.63) is 150 Å². The molecule has 0 saturated carbocycles. The predicted molar refractivity (Wildman–Crippen MR) is 249 cm³/mol. The van der Waals surface area contributed by atoms with Crippen molar-refractivity contribution in [3.8, 4) is 28.3 Å². The topological polar surface area (TPSA) is 43.6 Å². The number of thiophene rings is 2. The van der Waals surface area contributed by atoms with Gasteiger partial charge in [0, 0.05) is 42.4 Å². The molecule has 0 atom stereocenters. The number of pyridine rings is 2. The van der Waals surface area contributed by atoms with Crippen molar-refractivity contribution in [1.29, 1.82) is 0 Å². The molecule has 5 heterocycles. The standard InChI is InChI=1S/C29H24N3S.C21H20NSSi.Ir/c1-18-12-17-22-21-8-7-9-23(26(21)33-28(22)30-18)27-31-24-10-5-6-11-25(24)32(27)20-15-13-19(14-16-20)29(2,3)4;1-14-12-18(22-13-20(14)24(2,3)4)17-10-7-9-16-15-8-5-6-11-19(15)23-21(16)17;/h5-8,10-17H,1-4H3;5-9,11-13H,1-4H3;/q2*-1;. The van der Waals surface area contributed by atoms with Crippen molar-refractivity contribution in [1.82, 2.24) is 19.5 Å². The summed E-state index contributed by atoms with van der Waals surface area (Å²) in [6.07, 6.45) is 2.09. The molecule has 1 radical (unpaired) electrons. The fourth-order valence-corrected chi connectivity index (χ4v) is 11.9. The molecule has 0 aliphatic heterocycles. The molecule has 0 saturated heterocycles. The number of aromatic nitrogens is 4. The van der Waals surface area contributed by atoms with E-state index in [2.05, 4.69) is 167 Å². The number of imidazole rings is 1. The molecule has 0 amide bonds. The molecule has 0 aliphatic carbocycles. The van der Waals surface area contributed by atoms with Gasteiger partial charge in [-0.2, -0.15) is 22.7 Å². The minimum atomic E-state index is -1.35. The average molecular weight is 985 g/mol. The second-order valence-corrected chi connectivity index (χ2v) is 24.0. The van der Waals surface area contributed by atoms with Gasteiger partial charge in [-0.25, -0.2) is 4.98 Å². The van der Waals surface area contributed by atoms with Gasteiger partial charge in [-0.15, -0.1) is 42.0 Å². The van der Waals surface area contributed by atoms with E-state index in [1.165, 1.54) is 52.0 Å². The van der Waals surface area contributed by atoms with E-state index in [9.17, 15) is 0 Å². The van der Waals surface area contributed by atoms with Crippen LogP contribution in [0.25, 0.3) is 79.8 Å². The molecule has 5 aromatic carbocycles. The van der Waals surface area contributed by atoms with Gasteiger partial charge in [0.15, 0.2) is 0 Å². The summed E-state index contributed by atoms with van der Waals surface area (Å²) in [5, 5.41) is 6.46. The van der Waals surface area contributed by atoms with E-state index in [1.54, 1.807) is 11.3 Å². The number of hydrogen-bond acceptors (Lipinski definition) is 5. The van der Waals surface area contributed by atoms with Crippen LogP contribution < -0.4 is 5.19 Å². The summed E-state index contributed by atoms with van der Waals surface area (Å²) >= 11 is 3.56. The van der Waals surface area contributed by atoms with E-state index in [1.807, 2.05) is 36.5 Å². The minimum Gasteiger partial charge on any atom is -0.333 e. The Kier molecular flexibility index (Phi) is 10.6. The first-order chi connectivity index (χ1) is 27.3. The fraction of sp³-hybridized carbons (Fsp3) is 0.180. The minimum absolute atomic E-state index is 0. The molecule has 0 aliphatic rings. The smallest absolute Gasteiger partial charge is 0.113 e. The number of benzene rings is 5. The Morgan fingerprint density at radius 2 is 1.34 bits per heavy atom. The molecule has 0 fully saturated rings. The average Bonchev–Trinajstić information content (AvgIpc) is 3.88. The predicted octanol–water partition coefficient (Wildman–Crippen LogP) is 13.6. The van der Waals surface area contributed by atoms with Crippen LogP contribution in [0.15, 0.2) is 121 Å². The van der Waals surface area contributed by atoms with Crippen LogP contribution in [-0.2, 0) is 25.5 Å². The van der Waals surface area contributed by atoms with Crippen LogP contribution in [0.4, 0.5) is 0 Å². The number of rotatable bonds is 4. The third-order valence-electron chi connectivity index (χ3n) is 10.7. The van der Waals surface area contributed by atoms with E-state index in [0.717, 1.165) is 49.9 Å². The SMILES string of the molecule is Cc1cc(-c2[c-]ccc3c2sc2ccccc23)ncc1[Si](C)(C)C.Cc1ccc2c(n1)sc1c(-c3nc4ccccc4n3-c3ccc(C(C)(C)C)cc3)[c-]ccc12.[Ir]. The summed E-state index contributed by atoms with van der Waals surface area (Å²) < 4.78 is 6.04. The van der Waals surface area contributed by atoms with Gasteiger partial charge >= 0.3 is 0 Å². The maximum Gasteiger partial charge on any atom is 0.113 e. The van der Waals surface area contributed by atoms with E-state index in [-0.39, 0.29) is 25.5 Å².